The molecule has 0 heterocycles. The molecule has 0 radical (unpaired) electrons. The molecular weight excluding hydrogens is 881 g/mol. The van der Waals surface area contributed by atoms with E-state index in [1.54, 1.807) is 0 Å². The van der Waals surface area contributed by atoms with Gasteiger partial charge in [-0.25, -0.2) is 0 Å². The van der Waals surface area contributed by atoms with E-state index in [1.165, 1.54) is 55.7 Å². The van der Waals surface area contributed by atoms with Gasteiger partial charge in [-0.05, 0) is 318 Å². The Hall–Kier alpha value is -7.55. The van der Waals surface area contributed by atoms with Crippen LogP contribution in [0.3, 0.4) is 0 Å². The molecule has 6 aromatic carbocycles. The summed E-state index contributed by atoms with van der Waals surface area (Å²) in [5, 5.41) is 7.91. The first kappa shape index (κ1) is 55.4. The molecule has 72 heavy (non-hydrogen) atoms. The fraction of sp³-hybridized carbons (Fsp3) is 0.266. The number of allylic oxidation sites excluding steroid dienone is 8. The van der Waals surface area contributed by atoms with Gasteiger partial charge in [0.25, 0.3) is 0 Å². The van der Waals surface area contributed by atoms with Gasteiger partial charge in [0.05, 0.1) is 5.71 Å². The van der Waals surface area contributed by atoms with Crippen LogP contribution in [-0.4, -0.2) is 11.8 Å². The van der Waals surface area contributed by atoms with E-state index in [0.717, 1.165) is 112 Å². The van der Waals surface area contributed by atoms with Crippen molar-refractivity contribution in [3.8, 4) is 33.4 Å². The van der Waals surface area contributed by atoms with E-state index in [9.17, 15) is 0 Å². The molecule has 6 aromatic rings. The Labute approximate surface area is 431 Å². The van der Waals surface area contributed by atoms with Crippen LogP contribution in [0.25, 0.3) is 33.4 Å². The van der Waals surface area contributed by atoms with Gasteiger partial charge < -0.3 is 45.5 Å². The lowest BCUT2D eigenvalue weighted by Crippen LogP contribution is -2.25. The molecule has 2 aliphatic carbocycles. The van der Waals surface area contributed by atoms with Crippen molar-refractivity contribution in [2.45, 2.75) is 117 Å². The summed E-state index contributed by atoms with van der Waals surface area (Å²) < 4.78 is 0. The van der Waals surface area contributed by atoms with Crippen LogP contribution in [0.1, 0.15) is 94.5 Å². The number of nitrogens with two attached hydrogens (primary N) is 7. The Morgan fingerprint density at radius 3 is 0.597 bits per heavy atom. The first-order valence-electron chi connectivity index (χ1n) is 24.6. The van der Waals surface area contributed by atoms with E-state index in [-0.39, 0.29) is 6.04 Å². The van der Waals surface area contributed by atoms with E-state index in [0.29, 0.717) is 5.71 Å². The van der Waals surface area contributed by atoms with Crippen molar-refractivity contribution in [2.75, 3.05) is 34.4 Å². The van der Waals surface area contributed by atoms with Crippen LogP contribution in [0, 0.1) is 88.5 Å². The lowest BCUT2D eigenvalue weighted by molar-refractivity contribution is 0.872. The second-order valence-corrected chi connectivity index (χ2v) is 20.3. The van der Waals surface area contributed by atoms with Crippen molar-refractivity contribution in [2.24, 2.45) is 5.73 Å². The third-order valence-electron chi connectivity index (χ3n) is 14.2. The average molecular weight is 961 g/mol. The highest BCUT2D eigenvalue weighted by molar-refractivity contribution is 6.11. The van der Waals surface area contributed by atoms with Crippen LogP contribution in [0.5, 0.6) is 0 Å². The number of nitrogens with one attached hydrogen (secondary N) is 1. The van der Waals surface area contributed by atoms with Crippen LogP contribution >= 0.6 is 0 Å². The molecule has 0 amide bonds. The monoisotopic (exact) mass is 961 g/mol. The minimum absolute atomic E-state index is 0.0476. The molecule has 8 rings (SSSR count). The molecule has 0 fully saturated rings. The lowest BCUT2D eigenvalue weighted by Gasteiger charge is -2.21. The maximum Gasteiger partial charge on any atom is 0.0598 e. The third kappa shape index (κ3) is 12.7. The number of anilines is 6. The summed E-state index contributed by atoms with van der Waals surface area (Å²) in [7, 11) is 0. The molecule has 0 bridgehead atoms. The van der Waals surface area contributed by atoms with E-state index in [4.69, 9.17) is 45.5 Å². The average Bonchev–Trinajstić information content (AvgIpc) is 3.32. The molecule has 0 atom stereocenters. The van der Waals surface area contributed by atoms with Crippen molar-refractivity contribution in [3.63, 3.8) is 0 Å². The number of benzene rings is 6. The Bertz CT molecular complexity index is 2660. The summed E-state index contributed by atoms with van der Waals surface area (Å²) in [6.07, 6.45) is 8.45. The highest BCUT2D eigenvalue weighted by atomic mass is 14.6. The minimum Gasteiger partial charge on any atom is -0.398 e. The molecule has 0 unspecified atom stereocenters. The van der Waals surface area contributed by atoms with E-state index < -0.39 is 0 Å². The van der Waals surface area contributed by atoms with Crippen LogP contribution in [-0.2, 0) is 0 Å². The maximum atomic E-state index is 7.91. The molecule has 0 saturated heterocycles. The van der Waals surface area contributed by atoms with Gasteiger partial charge in [-0.2, -0.15) is 0 Å². The van der Waals surface area contributed by atoms with Gasteiger partial charge in [0.15, 0.2) is 0 Å². The normalized spacial score (nSPS) is 14.1. The molecule has 0 saturated carbocycles. The molecule has 376 valence electrons. The topological polar surface area (TPSA) is 206 Å². The second kappa shape index (κ2) is 22.7. The number of aryl methyl sites for hydroxylation is 12. The van der Waals surface area contributed by atoms with Crippen molar-refractivity contribution in [1.29, 1.82) is 5.41 Å². The molecule has 0 aromatic heterocycles. The predicted molar refractivity (Wildman–Crippen MR) is 317 cm³/mol. The number of rotatable bonds is 3. The highest BCUT2D eigenvalue weighted by Gasteiger charge is 2.17. The van der Waals surface area contributed by atoms with Gasteiger partial charge in [-0.15, -0.1) is 0 Å². The fourth-order valence-electron chi connectivity index (χ4n) is 9.22. The number of hydrogen-bond donors (Lipinski definition) is 8. The van der Waals surface area contributed by atoms with Gasteiger partial charge in [0.1, 0.15) is 0 Å². The number of hydrogen-bond acceptors (Lipinski definition) is 8. The summed E-state index contributed by atoms with van der Waals surface area (Å²) in [5.74, 6) is 0. The van der Waals surface area contributed by atoms with Crippen LogP contribution < -0.4 is 40.1 Å². The van der Waals surface area contributed by atoms with Crippen LogP contribution in [0.4, 0.5) is 34.1 Å². The molecule has 15 N–H and O–H groups in total. The lowest BCUT2D eigenvalue weighted by atomic mass is 9.87. The molecule has 8 heteroatoms. The molecule has 0 aliphatic heterocycles. The minimum atomic E-state index is 0.0476. The SMILES string of the molecule is CC1=CC(=C2C=C(C)C(N)C(C)=C2)C=C(C)C1=N.Cc1cc(-c2cc(C)c(N)c(C)c2)cc(C)c1N.Cc1cc(-c2cc(C)c(N)c(C)c2)cc(C)c1N.Cc1cc(-c2cc(C)c(N)c(C)c2)cc(C)c1N. The predicted octanol–water partition coefficient (Wildman–Crippen LogP) is 14.7. The summed E-state index contributed by atoms with van der Waals surface area (Å²) in [6, 6.07) is 25.6. The molecule has 8 nitrogen and oxygen atoms in total. The molecule has 2 aliphatic rings. The smallest absolute Gasteiger partial charge is 0.0598 e. The zero-order valence-corrected chi connectivity index (χ0v) is 45.9. The van der Waals surface area contributed by atoms with Gasteiger partial charge in [-0.3, -0.25) is 0 Å². The maximum absolute atomic E-state index is 7.91. The highest BCUT2D eigenvalue weighted by Crippen LogP contribution is 2.34. The summed E-state index contributed by atoms with van der Waals surface area (Å²) in [6.45, 7) is 32.6. The summed E-state index contributed by atoms with van der Waals surface area (Å²) in [4.78, 5) is 0. The van der Waals surface area contributed by atoms with Crippen molar-refractivity contribution < 1.29 is 0 Å². The van der Waals surface area contributed by atoms with Gasteiger partial charge in [-0.1, -0.05) is 23.3 Å². The standard InChI is InChI=1S/4C16H20N2/c4*1-9-5-13(6-10(2)15(9)17)14-7-11(3)16(18)12(4)8-14/h3*5-8H,17-18H2,1-4H3;5-8,15,18H,17H2,1-4H3. The van der Waals surface area contributed by atoms with Gasteiger partial charge >= 0.3 is 0 Å². The van der Waals surface area contributed by atoms with Crippen molar-refractivity contribution in [1.82, 2.24) is 0 Å². The van der Waals surface area contributed by atoms with E-state index >= 15 is 0 Å². The Morgan fingerprint density at radius 2 is 0.431 bits per heavy atom. The largest absolute Gasteiger partial charge is 0.398 e. The van der Waals surface area contributed by atoms with E-state index in [1.807, 2.05) is 96.9 Å². The van der Waals surface area contributed by atoms with Crippen LogP contribution in [0.15, 0.2) is 131 Å². The summed E-state index contributed by atoms with van der Waals surface area (Å²) in [5.41, 5.74) is 75.4. The Balaban J connectivity index is 0.000000178. The quantitative estimate of drug-likeness (QED) is 0.0805. The first-order chi connectivity index (χ1) is 33.6. The Kier molecular flexibility index (Phi) is 17.4. The number of nitrogen functional groups attached to an aromatic ring is 6. The van der Waals surface area contributed by atoms with Crippen molar-refractivity contribution >= 4 is 39.8 Å². The Morgan fingerprint density at radius 1 is 0.278 bits per heavy atom. The zero-order valence-electron chi connectivity index (χ0n) is 45.9. The van der Waals surface area contributed by atoms with Gasteiger partial charge in [0.2, 0.25) is 0 Å². The molecular formula is C64H80N8. The first-order valence-corrected chi connectivity index (χ1v) is 24.6. The fourth-order valence-corrected chi connectivity index (χ4v) is 9.22. The molecule has 0 spiro atoms. The zero-order chi connectivity index (χ0) is 53.8. The van der Waals surface area contributed by atoms with Crippen LogP contribution in [0.2, 0.25) is 0 Å². The van der Waals surface area contributed by atoms with Crippen molar-refractivity contribution in [3.05, 3.63) is 197 Å². The van der Waals surface area contributed by atoms with Gasteiger partial charge in [0, 0.05) is 40.2 Å². The van der Waals surface area contributed by atoms with E-state index in [2.05, 4.69) is 111 Å². The summed E-state index contributed by atoms with van der Waals surface area (Å²) >= 11 is 0. The third-order valence-corrected chi connectivity index (χ3v) is 14.2. The second-order valence-electron chi connectivity index (χ2n) is 20.3.